The minimum Gasteiger partial charge on any atom is -0.479 e. The molecule has 0 saturated heterocycles. The van der Waals surface area contributed by atoms with Crippen LogP contribution in [0.5, 0.6) is 5.75 Å². The zero-order valence-electron chi connectivity index (χ0n) is 14.5. The molecule has 27 heavy (non-hydrogen) atoms. The van der Waals surface area contributed by atoms with Crippen LogP contribution in [-0.4, -0.2) is 39.9 Å². The minimum atomic E-state index is -2.03. The topological polar surface area (TPSA) is 113 Å². The van der Waals surface area contributed by atoms with Crippen LogP contribution in [0.25, 0.3) is 0 Å². The number of aryl methyl sites for hydroxylation is 1. The van der Waals surface area contributed by atoms with Crippen molar-refractivity contribution in [1.29, 1.82) is 0 Å². The fraction of sp³-hybridized carbons (Fsp3) is 0.158. The largest absolute Gasteiger partial charge is 0.479 e. The van der Waals surface area contributed by atoms with Gasteiger partial charge in [0, 0.05) is 23.1 Å². The van der Waals surface area contributed by atoms with Crippen LogP contribution in [0.1, 0.15) is 23.6 Å². The summed E-state index contributed by atoms with van der Waals surface area (Å²) in [6.07, 6.45) is 0. The van der Waals surface area contributed by atoms with Crippen molar-refractivity contribution in [2.45, 2.75) is 19.9 Å². The number of aliphatic carboxylic acids is 2. The van der Waals surface area contributed by atoms with Crippen molar-refractivity contribution < 1.29 is 29.3 Å². The number of carboxylic acid groups (broad SMARTS) is 2. The van der Waals surface area contributed by atoms with Crippen LogP contribution in [0.3, 0.4) is 0 Å². The number of nitrogens with zero attached hydrogens (tertiary/aromatic N) is 1. The van der Waals surface area contributed by atoms with Crippen molar-refractivity contribution in [2.75, 3.05) is 0 Å². The number of aliphatic imine (C=N–C) groups is 1. The lowest BCUT2D eigenvalue weighted by atomic mass is 9.99. The van der Waals surface area contributed by atoms with Gasteiger partial charge in [0.15, 0.2) is 0 Å². The van der Waals surface area contributed by atoms with E-state index >= 15 is 0 Å². The second kappa shape index (κ2) is 8.46. The third-order valence-corrected chi connectivity index (χ3v) is 3.74. The van der Waals surface area contributed by atoms with E-state index in [-0.39, 0.29) is 11.5 Å². The van der Waals surface area contributed by atoms with Crippen LogP contribution < -0.4 is 4.74 Å². The molecular weight excluding hydrogens is 374 g/mol. The van der Waals surface area contributed by atoms with Gasteiger partial charge in [0.25, 0.3) is 0 Å². The Kier molecular flexibility index (Phi) is 6.31. The Bertz CT molecular complexity index is 906. The molecule has 0 aliphatic heterocycles. The number of carbonyl (C=O) groups is 3. The van der Waals surface area contributed by atoms with Crippen molar-refractivity contribution in [3.05, 3.63) is 64.2 Å². The number of esters is 1. The second-order valence-electron chi connectivity index (χ2n) is 5.66. The summed E-state index contributed by atoms with van der Waals surface area (Å²) in [5.41, 5.74) is 1.55. The summed E-state index contributed by atoms with van der Waals surface area (Å²) in [4.78, 5) is 38.0. The highest BCUT2D eigenvalue weighted by Gasteiger charge is 2.27. The van der Waals surface area contributed by atoms with Gasteiger partial charge in [-0.25, -0.2) is 9.59 Å². The van der Waals surface area contributed by atoms with Crippen molar-refractivity contribution in [2.24, 2.45) is 4.99 Å². The van der Waals surface area contributed by atoms with Crippen LogP contribution in [0.15, 0.2) is 47.5 Å². The van der Waals surface area contributed by atoms with Gasteiger partial charge in [-0.15, -0.1) is 0 Å². The fourth-order valence-corrected chi connectivity index (χ4v) is 2.45. The maximum Gasteiger partial charge on any atom is 0.340 e. The van der Waals surface area contributed by atoms with E-state index in [1.165, 1.54) is 13.0 Å². The van der Waals surface area contributed by atoms with Gasteiger partial charge in [0.2, 0.25) is 6.04 Å². The summed E-state index contributed by atoms with van der Waals surface area (Å²) in [5, 5.41) is 18.9. The molecule has 2 aromatic rings. The highest BCUT2D eigenvalue weighted by Crippen LogP contribution is 2.25. The van der Waals surface area contributed by atoms with Crippen LogP contribution in [0.2, 0.25) is 5.02 Å². The molecule has 0 fully saturated rings. The lowest BCUT2D eigenvalue weighted by Gasteiger charge is -2.14. The Balaban J connectivity index is 2.75. The molecule has 0 radical (unpaired) electrons. The van der Waals surface area contributed by atoms with Gasteiger partial charge in [-0.1, -0.05) is 35.4 Å². The second-order valence-corrected chi connectivity index (χ2v) is 6.09. The average Bonchev–Trinajstić information content (AvgIpc) is 2.57. The average molecular weight is 390 g/mol. The third-order valence-electron chi connectivity index (χ3n) is 3.49. The zero-order chi connectivity index (χ0) is 20.1. The van der Waals surface area contributed by atoms with Gasteiger partial charge in [-0.05, 0) is 31.2 Å². The number of halogens is 1. The Hall–Kier alpha value is -3.19. The van der Waals surface area contributed by atoms with E-state index in [1.807, 2.05) is 0 Å². The van der Waals surface area contributed by atoms with Crippen LogP contribution >= 0.6 is 11.6 Å². The standard InChI is InChI=1S/C19H16ClNO6/c1-10-3-8-15(27-11(2)22)14(9-10)16(12-4-6-13(20)7-5-12)21-17(18(23)24)19(25)26/h3-9,17H,1-2H3,(H,23,24)(H,25,26). The molecule has 8 heteroatoms. The van der Waals surface area contributed by atoms with Crippen LogP contribution in [-0.2, 0) is 14.4 Å². The minimum absolute atomic E-state index is 0.0569. The first-order valence-corrected chi connectivity index (χ1v) is 8.15. The molecule has 7 nitrogen and oxygen atoms in total. The summed E-state index contributed by atoms with van der Waals surface area (Å²) in [7, 11) is 0. The predicted molar refractivity (Wildman–Crippen MR) is 98.6 cm³/mol. The SMILES string of the molecule is CC(=O)Oc1ccc(C)cc1C(=NC(C(=O)O)C(=O)O)c1ccc(Cl)cc1. The summed E-state index contributed by atoms with van der Waals surface area (Å²) >= 11 is 5.90. The Morgan fingerprint density at radius 1 is 1.04 bits per heavy atom. The quantitative estimate of drug-likeness (QED) is 0.340. The number of hydrogen-bond acceptors (Lipinski definition) is 5. The highest BCUT2D eigenvalue weighted by atomic mass is 35.5. The molecule has 0 aliphatic rings. The first kappa shape index (κ1) is 20.1. The van der Waals surface area contributed by atoms with Gasteiger partial charge >= 0.3 is 17.9 Å². The van der Waals surface area contributed by atoms with Crippen molar-refractivity contribution in [3.8, 4) is 5.75 Å². The number of rotatable bonds is 6. The molecule has 0 heterocycles. The Morgan fingerprint density at radius 2 is 1.63 bits per heavy atom. The number of benzene rings is 2. The number of hydrogen-bond donors (Lipinski definition) is 2. The van der Waals surface area contributed by atoms with Gasteiger partial charge in [-0.2, -0.15) is 0 Å². The molecule has 0 spiro atoms. The molecule has 2 N–H and O–H groups in total. The molecule has 2 rings (SSSR count). The first-order valence-electron chi connectivity index (χ1n) is 7.78. The van der Waals surface area contributed by atoms with Gasteiger partial charge < -0.3 is 14.9 Å². The van der Waals surface area contributed by atoms with E-state index in [4.69, 9.17) is 16.3 Å². The summed E-state index contributed by atoms with van der Waals surface area (Å²) < 4.78 is 5.19. The Labute approximate surface area is 159 Å². The first-order chi connectivity index (χ1) is 12.7. The van der Waals surface area contributed by atoms with Crippen molar-refractivity contribution in [3.63, 3.8) is 0 Å². The monoisotopic (exact) mass is 389 g/mol. The number of ether oxygens (including phenoxy) is 1. The molecule has 0 bridgehead atoms. The molecule has 0 unspecified atom stereocenters. The molecule has 0 aromatic heterocycles. The van der Waals surface area contributed by atoms with Gasteiger partial charge in [-0.3, -0.25) is 9.79 Å². The normalized spacial score (nSPS) is 11.3. The number of carboxylic acids is 2. The van der Waals surface area contributed by atoms with Crippen molar-refractivity contribution >= 4 is 35.2 Å². The van der Waals surface area contributed by atoms with Gasteiger partial charge in [0.05, 0.1) is 5.71 Å². The smallest absolute Gasteiger partial charge is 0.340 e. The lowest BCUT2D eigenvalue weighted by Crippen LogP contribution is -2.29. The molecule has 0 atom stereocenters. The van der Waals surface area contributed by atoms with Crippen molar-refractivity contribution in [1.82, 2.24) is 0 Å². The summed E-state index contributed by atoms with van der Waals surface area (Å²) in [6, 6.07) is 9.10. The van der Waals surface area contributed by atoms with Gasteiger partial charge in [0.1, 0.15) is 5.75 Å². The Morgan fingerprint density at radius 3 is 2.15 bits per heavy atom. The van der Waals surface area contributed by atoms with E-state index in [9.17, 15) is 24.6 Å². The summed E-state index contributed by atoms with van der Waals surface area (Å²) in [6.45, 7) is 3.01. The molecule has 2 aromatic carbocycles. The molecule has 140 valence electrons. The third kappa shape index (κ3) is 5.15. The molecule has 0 amide bonds. The van der Waals surface area contributed by atoms with E-state index in [2.05, 4.69) is 4.99 Å². The molecule has 0 saturated carbocycles. The predicted octanol–water partition coefficient (Wildman–Crippen LogP) is 2.95. The highest BCUT2D eigenvalue weighted by molar-refractivity contribution is 6.30. The zero-order valence-corrected chi connectivity index (χ0v) is 15.2. The van der Waals surface area contributed by atoms with Crippen LogP contribution in [0, 0.1) is 6.92 Å². The maximum atomic E-state index is 11.4. The maximum absolute atomic E-state index is 11.4. The molecular formula is C19H16ClNO6. The lowest BCUT2D eigenvalue weighted by molar-refractivity contribution is -0.149. The van der Waals surface area contributed by atoms with Crippen LogP contribution in [0.4, 0.5) is 0 Å². The molecule has 0 aliphatic carbocycles. The van der Waals surface area contributed by atoms with E-state index in [0.29, 0.717) is 16.1 Å². The van der Waals surface area contributed by atoms with E-state index < -0.39 is 23.9 Å². The number of carbonyl (C=O) groups excluding carboxylic acids is 1. The van der Waals surface area contributed by atoms with E-state index in [1.54, 1.807) is 43.3 Å². The van der Waals surface area contributed by atoms with E-state index in [0.717, 1.165) is 5.56 Å². The summed E-state index contributed by atoms with van der Waals surface area (Å²) in [5.74, 6) is -3.67. The fourth-order valence-electron chi connectivity index (χ4n) is 2.33.